The molecular weight excluding hydrogens is 350 g/mol. The molecule has 2 aliphatic rings. The van der Waals surface area contributed by atoms with Crippen molar-refractivity contribution < 1.29 is 9.47 Å². The van der Waals surface area contributed by atoms with E-state index in [2.05, 4.69) is 57.3 Å². The average Bonchev–Trinajstić information content (AvgIpc) is 3.23. The molecule has 28 heavy (non-hydrogen) atoms. The minimum Gasteiger partial charge on any atom is -0.486 e. The number of fused-ring (bicyclic) bond motifs is 1. The average molecular weight is 373 g/mol. The summed E-state index contributed by atoms with van der Waals surface area (Å²) in [5, 5.41) is 0. The zero-order valence-corrected chi connectivity index (χ0v) is 15.8. The highest BCUT2D eigenvalue weighted by Crippen LogP contribution is 2.38. The van der Waals surface area contributed by atoms with E-state index in [4.69, 9.17) is 9.47 Å². The number of hydrogen-bond donors (Lipinski definition) is 0. The third-order valence-electron chi connectivity index (χ3n) is 5.53. The predicted molar refractivity (Wildman–Crippen MR) is 107 cm³/mol. The topological polar surface area (TPSA) is 47.5 Å². The number of benzene rings is 2. The van der Waals surface area contributed by atoms with Gasteiger partial charge < -0.3 is 9.47 Å². The van der Waals surface area contributed by atoms with E-state index >= 15 is 0 Å². The SMILES string of the molecule is c1cc(-c2ccc(CN3CCCC3c3ccc4c(c3)OCCO4)cc2)ncn1. The van der Waals surface area contributed by atoms with Crippen molar-refractivity contribution in [3.05, 3.63) is 72.2 Å². The molecule has 3 aromatic rings. The van der Waals surface area contributed by atoms with Crippen molar-refractivity contribution in [1.29, 1.82) is 0 Å². The molecule has 0 spiro atoms. The molecule has 0 bridgehead atoms. The summed E-state index contributed by atoms with van der Waals surface area (Å²) in [7, 11) is 0. The van der Waals surface area contributed by atoms with Crippen molar-refractivity contribution in [2.24, 2.45) is 0 Å². The highest BCUT2D eigenvalue weighted by molar-refractivity contribution is 5.58. The maximum absolute atomic E-state index is 5.78. The number of rotatable bonds is 4. The normalized spacial score (nSPS) is 18.9. The van der Waals surface area contributed by atoms with Crippen molar-refractivity contribution in [2.45, 2.75) is 25.4 Å². The van der Waals surface area contributed by atoms with Gasteiger partial charge in [0.1, 0.15) is 19.5 Å². The lowest BCUT2D eigenvalue weighted by atomic mass is 10.0. The fourth-order valence-corrected chi connectivity index (χ4v) is 4.14. The Morgan fingerprint density at radius 3 is 2.64 bits per heavy atom. The van der Waals surface area contributed by atoms with Gasteiger partial charge in [0.25, 0.3) is 0 Å². The Balaban J connectivity index is 1.32. The molecule has 2 aromatic carbocycles. The molecule has 0 radical (unpaired) electrons. The van der Waals surface area contributed by atoms with Crippen molar-refractivity contribution >= 4 is 0 Å². The maximum atomic E-state index is 5.78. The zero-order chi connectivity index (χ0) is 18.8. The molecule has 1 atom stereocenters. The minimum absolute atomic E-state index is 0.428. The van der Waals surface area contributed by atoms with Gasteiger partial charge in [0.15, 0.2) is 11.5 Å². The van der Waals surface area contributed by atoms with Crippen LogP contribution in [0.1, 0.15) is 30.0 Å². The van der Waals surface area contributed by atoms with Crippen LogP contribution in [0.2, 0.25) is 0 Å². The van der Waals surface area contributed by atoms with Crippen molar-refractivity contribution in [3.63, 3.8) is 0 Å². The molecule has 0 amide bonds. The van der Waals surface area contributed by atoms with Crippen molar-refractivity contribution in [3.8, 4) is 22.8 Å². The Morgan fingerprint density at radius 2 is 1.82 bits per heavy atom. The van der Waals surface area contributed by atoms with Crippen LogP contribution in [0.5, 0.6) is 11.5 Å². The third-order valence-corrected chi connectivity index (χ3v) is 5.53. The number of hydrogen-bond acceptors (Lipinski definition) is 5. The highest BCUT2D eigenvalue weighted by atomic mass is 16.6. The largest absolute Gasteiger partial charge is 0.486 e. The molecule has 1 aromatic heterocycles. The first-order valence-corrected chi connectivity index (χ1v) is 9.86. The Labute approximate surface area is 165 Å². The van der Waals surface area contributed by atoms with Crippen molar-refractivity contribution in [2.75, 3.05) is 19.8 Å². The zero-order valence-electron chi connectivity index (χ0n) is 15.8. The first-order valence-electron chi connectivity index (χ1n) is 9.86. The summed E-state index contributed by atoms with van der Waals surface area (Å²) >= 11 is 0. The predicted octanol–water partition coefficient (Wildman–Crippen LogP) is 4.25. The monoisotopic (exact) mass is 373 g/mol. The van der Waals surface area contributed by atoms with Crippen LogP contribution in [0.25, 0.3) is 11.3 Å². The van der Waals surface area contributed by atoms with Gasteiger partial charge in [-0.05, 0) is 48.7 Å². The van der Waals surface area contributed by atoms with Crippen LogP contribution in [-0.2, 0) is 6.54 Å². The summed E-state index contributed by atoms with van der Waals surface area (Å²) in [6, 6.07) is 17.5. The second-order valence-electron chi connectivity index (χ2n) is 7.32. The van der Waals surface area contributed by atoms with E-state index in [9.17, 15) is 0 Å². The molecule has 1 fully saturated rings. The van der Waals surface area contributed by atoms with Gasteiger partial charge in [0.2, 0.25) is 0 Å². The summed E-state index contributed by atoms with van der Waals surface area (Å²) in [6.45, 7) is 3.33. The molecular formula is C23H23N3O2. The standard InChI is InChI=1S/C23H23N3O2/c1-2-21(19-7-8-22-23(14-19)28-13-12-27-22)26(11-1)15-17-3-5-18(6-4-17)20-9-10-24-16-25-20/h3-10,14,16,21H,1-2,11-13,15H2. The van der Waals surface area contributed by atoms with Gasteiger partial charge in [-0.1, -0.05) is 30.3 Å². The fourth-order valence-electron chi connectivity index (χ4n) is 4.14. The van der Waals surface area contributed by atoms with Crippen LogP contribution in [0, 0.1) is 0 Å². The van der Waals surface area contributed by atoms with E-state index in [1.165, 1.54) is 24.0 Å². The summed E-state index contributed by atoms with van der Waals surface area (Å²) in [6.07, 6.45) is 5.76. The Hall–Kier alpha value is -2.92. The quantitative estimate of drug-likeness (QED) is 0.684. The number of aromatic nitrogens is 2. The second kappa shape index (κ2) is 7.60. The van der Waals surface area contributed by atoms with Gasteiger partial charge >= 0.3 is 0 Å². The molecule has 142 valence electrons. The number of likely N-dealkylation sites (tertiary alicyclic amines) is 1. The Kier molecular flexibility index (Phi) is 4.67. The van der Waals surface area contributed by atoms with Gasteiger partial charge in [-0.25, -0.2) is 9.97 Å². The lowest BCUT2D eigenvalue weighted by Crippen LogP contribution is -2.23. The summed E-state index contributed by atoms with van der Waals surface area (Å²) in [4.78, 5) is 10.9. The molecule has 5 nitrogen and oxygen atoms in total. The van der Waals surface area contributed by atoms with E-state index in [1.54, 1.807) is 12.5 Å². The lowest BCUT2D eigenvalue weighted by molar-refractivity contribution is 0.170. The Bertz CT molecular complexity index is 944. The first-order chi connectivity index (χ1) is 13.9. The summed E-state index contributed by atoms with van der Waals surface area (Å²) < 4.78 is 11.4. The third kappa shape index (κ3) is 3.45. The smallest absolute Gasteiger partial charge is 0.161 e. The van der Waals surface area contributed by atoms with E-state index in [1.807, 2.05) is 6.07 Å². The van der Waals surface area contributed by atoms with Gasteiger partial charge in [0.05, 0.1) is 5.69 Å². The molecule has 0 saturated carbocycles. The van der Waals surface area contributed by atoms with Crippen LogP contribution in [0.15, 0.2) is 61.1 Å². The van der Waals surface area contributed by atoms with E-state index in [0.717, 1.165) is 35.8 Å². The van der Waals surface area contributed by atoms with E-state index in [-0.39, 0.29) is 0 Å². The van der Waals surface area contributed by atoms with Crippen LogP contribution >= 0.6 is 0 Å². The molecule has 1 unspecified atom stereocenters. The second-order valence-corrected chi connectivity index (χ2v) is 7.32. The molecule has 0 N–H and O–H groups in total. The van der Waals surface area contributed by atoms with Gasteiger partial charge in [-0.15, -0.1) is 0 Å². The number of nitrogens with zero attached hydrogens (tertiary/aromatic N) is 3. The van der Waals surface area contributed by atoms with Crippen LogP contribution in [0.3, 0.4) is 0 Å². The first kappa shape index (κ1) is 17.2. The molecule has 0 aliphatic carbocycles. The van der Waals surface area contributed by atoms with Crippen LogP contribution in [0.4, 0.5) is 0 Å². The number of ether oxygens (including phenoxy) is 2. The highest BCUT2D eigenvalue weighted by Gasteiger charge is 2.27. The summed E-state index contributed by atoms with van der Waals surface area (Å²) in [5.41, 5.74) is 4.72. The van der Waals surface area contributed by atoms with Gasteiger partial charge in [-0.3, -0.25) is 4.90 Å². The van der Waals surface area contributed by atoms with Crippen molar-refractivity contribution in [1.82, 2.24) is 14.9 Å². The van der Waals surface area contributed by atoms with Crippen LogP contribution < -0.4 is 9.47 Å². The molecule has 3 heterocycles. The minimum atomic E-state index is 0.428. The van der Waals surface area contributed by atoms with Gasteiger partial charge in [-0.2, -0.15) is 0 Å². The molecule has 5 rings (SSSR count). The molecule has 2 aliphatic heterocycles. The Morgan fingerprint density at radius 1 is 0.964 bits per heavy atom. The fraction of sp³-hybridized carbons (Fsp3) is 0.304. The van der Waals surface area contributed by atoms with E-state index < -0.39 is 0 Å². The molecule has 1 saturated heterocycles. The van der Waals surface area contributed by atoms with Gasteiger partial charge in [0, 0.05) is 24.3 Å². The molecule has 5 heteroatoms. The van der Waals surface area contributed by atoms with E-state index in [0.29, 0.717) is 19.3 Å². The lowest BCUT2D eigenvalue weighted by Gasteiger charge is -2.26. The maximum Gasteiger partial charge on any atom is 0.161 e. The summed E-state index contributed by atoms with van der Waals surface area (Å²) in [5.74, 6) is 1.74. The van der Waals surface area contributed by atoms with Crippen LogP contribution in [-0.4, -0.2) is 34.6 Å².